The maximum Gasteiger partial charge on any atom is 0.220 e. The van der Waals surface area contributed by atoms with Crippen LogP contribution >= 0.6 is 0 Å². The SMILES string of the molecule is C[C@]1(NC(=O)CCc2ccco2)CCS(=O)(=O)C1. The highest BCUT2D eigenvalue weighted by Crippen LogP contribution is 2.22. The Bertz CT molecular complexity index is 520. The number of hydrogen-bond acceptors (Lipinski definition) is 4. The first-order valence-corrected chi connectivity index (χ1v) is 7.75. The van der Waals surface area contributed by atoms with E-state index in [0.29, 0.717) is 19.3 Å². The third-order valence-corrected chi connectivity index (χ3v) is 5.03. The van der Waals surface area contributed by atoms with E-state index >= 15 is 0 Å². The van der Waals surface area contributed by atoms with Crippen molar-refractivity contribution in [1.82, 2.24) is 5.32 Å². The summed E-state index contributed by atoms with van der Waals surface area (Å²) in [6, 6.07) is 3.59. The minimum atomic E-state index is -2.99. The Morgan fingerprint density at radius 1 is 1.56 bits per heavy atom. The summed E-state index contributed by atoms with van der Waals surface area (Å²) in [6.45, 7) is 1.78. The number of rotatable bonds is 4. The van der Waals surface area contributed by atoms with Crippen LogP contribution in [0.2, 0.25) is 0 Å². The van der Waals surface area contributed by atoms with Gasteiger partial charge in [0.05, 0.1) is 23.3 Å². The summed E-state index contributed by atoms with van der Waals surface area (Å²) in [6.07, 6.45) is 2.89. The van der Waals surface area contributed by atoms with Gasteiger partial charge in [0.25, 0.3) is 0 Å². The van der Waals surface area contributed by atoms with E-state index in [-0.39, 0.29) is 17.4 Å². The van der Waals surface area contributed by atoms with Crippen molar-refractivity contribution in [2.75, 3.05) is 11.5 Å². The molecule has 1 N–H and O–H groups in total. The third kappa shape index (κ3) is 3.35. The topological polar surface area (TPSA) is 76.4 Å². The van der Waals surface area contributed by atoms with Crippen molar-refractivity contribution >= 4 is 15.7 Å². The zero-order valence-corrected chi connectivity index (χ0v) is 11.1. The predicted octanol–water partition coefficient (Wildman–Crippen LogP) is 0.906. The van der Waals surface area contributed by atoms with E-state index in [1.807, 2.05) is 6.07 Å². The lowest BCUT2D eigenvalue weighted by Crippen LogP contribution is -2.46. The van der Waals surface area contributed by atoms with Gasteiger partial charge in [0.2, 0.25) is 5.91 Å². The summed E-state index contributed by atoms with van der Waals surface area (Å²) in [5.41, 5.74) is -0.612. The first-order valence-electron chi connectivity index (χ1n) is 5.92. The van der Waals surface area contributed by atoms with Crippen molar-refractivity contribution < 1.29 is 17.6 Å². The van der Waals surface area contributed by atoms with Crippen LogP contribution in [0.5, 0.6) is 0 Å². The predicted molar refractivity (Wildman–Crippen MR) is 66.8 cm³/mol. The van der Waals surface area contributed by atoms with Crippen LogP contribution in [0.1, 0.15) is 25.5 Å². The first kappa shape index (κ1) is 13.1. The van der Waals surface area contributed by atoms with Gasteiger partial charge in [-0.1, -0.05) is 0 Å². The zero-order valence-electron chi connectivity index (χ0n) is 10.3. The van der Waals surface area contributed by atoms with Gasteiger partial charge in [0.1, 0.15) is 5.76 Å². The number of hydrogen-bond donors (Lipinski definition) is 1. The number of furan rings is 1. The quantitative estimate of drug-likeness (QED) is 0.883. The first-order chi connectivity index (χ1) is 8.39. The monoisotopic (exact) mass is 271 g/mol. The molecule has 1 amide bonds. The molecule has 1 saturated heterocycles. The maximum atomic E-state index is 11.8. The van der Waals surface area contributed by atoms with E-state index in [0.717, 1.165) is 5.76 Å². The fraction of sp³-hybridized carbons (Fsp3) is 0.583. The number of nitrogens with one attached hydrogen (secondary N) is 1. The Morgan fingerprint density at radius 3 is 2.89 bits per heavy atom. The molecule has 2 rings (SSSR count). The molecule has 1 aliphatic rings. The van der Waals surface area contributed by atoms with E-state index < -0.39 is 15.4 Å². The van der Waals surface area contributed by atoms with E-state index in [2.05, 4.69) is 5.32 Å². The molecular weight excluding hydrogens is 254 g/mol. The molecule has 0 bridgehead atoms. The summed E-state index contributed by atoms with van der Waals surface area (Å²) in [5, 5.41) is 2.81. The molecule has 5 nitrogen and oxygen atoms in total. The number of amides is 1. The highest BCUT2D eigenvalue weighted by atomic mass is 32.2. The standard InChI is InChI=1S/C12H17NO4S/c1-12(6-8-18(15,16)9-12)13-11(14)5-4-10-3-2-7-17-10/h2-3,7H,4-6,8-9H2,1H3,(H,13,14)/t12-/m0/s1. The lowest BCUT2D eigenvalue weighted by Gasteiger charge is -2.23. The van der Waals surface area contributed by atoms with E-state index in [1.54, 1.807) is 19.3 Å². The number of carbonyl (C=O) groups is 1. The van der Waals surface area contributed by atoms with Gasteiger partial charge in [-0.15, -0.1) is 0 Å². The number of aryl methyl sites for hydroxylation is 1. The molecule has 1 aliphatic heterocycles. The molecular formula is C12H17NO4S. The fourth-order valence-electron chi connectivity index (χ4n) is 2.20. The van der Waals surface area contributed by atoms with Crippen molar-refractivity contribution in [1.29, 1.82) is 0 Å². The van der Waals surface area contributed by atoms with E-state index in [1.165, 1.54) is 0 Å². The van der Waals surface area contributed by atoms with Crippen molar-refractivity contribution in [3.05, 3.63) is 24.2 Å². The van der Waals surface area contributed by atoms with Gasteiger partial charge in [-0.2, -0.15) is 0 Å². The van der Waals surface area contributed by atoms with Crippen molar-refractivity contribution in [3.63, 3.8) is 0 Å². The molecule has 100 valence electrons. The molecule has 1 aromatic rings. The van der Waals surface area contributed by atoms with Gasteiger partial charge in [0, 0.05) is 12.8 Å². The molecule has 0 radical (unpaired) electrons. The smallest absolute Gasteiger partial charge is 0.220 e. The van der Waals surface area contributed by atoms with Crippen molar-refractivity contribution in [2.45, 2.75) is 31.7 Å². The normalized spacial score (nSPS) is 26.1. The summed E-state index contributed by atoms with van der Waals surface area (Å²) in [5.74, 6) is 0.814. The van der Waals surface area contributed by atoms with E-state index in [9.17, 15) is 13.2 Å². The van der Waals surface area contributed by atoms with Crippen molar-refractivity contribution in [2.24, 2.45) is 0 Å². The average Bonchev–Trinajstić information content (AvgIpc) is 2.84. The summed E-state index contributed by atoms with van der Waals surface area (Å²) in [4.78, 5) is 11.8. The van der Waals surface area contributed by atoms with Crippen LogP contribution in [-0.4, -0.2) is 31.4 Å². The number of carbonyl (C=O) groups excluding carboxylic acids is 1. The molecule has 0 aliphatic carbocycles. The third-order valence-electron chi connectivity index (χ3n) is 3.12. The van der Waals surface area contributed by atoms with Gasteiger partial charge in [0.15, 0.2) is 9.84 Å². The average molecular weight is 271 g/mol. The van der Waals surface area contributed by atoms with Crippen LogP contribution in [0.3, 0.4) is 0 Å². The van der Waals surface area contributed by atoms with Crippen LogP contribution in [0.15, 0.2) is 22.8 Å². The molecule has 0 unspecified atom stereocenters. The van der Waals surface area contributed by atoms with Gasteiger partial charge in [-0.25, -0.2) is 8.42 Å². The minimum absolute atomic E-state index is 0.0342. The maximum absolute atomic E-state index is 11.8. The van der Waals surface area contributed by atoms with Crippen LogP contribution in [0.25, 0.3) is 0 Å². The highest BCUT2D eigenvalue weighted by Gasteiger charge is 2.39. The molecule has 2 heterocycles. The lowest BCUT2D eigenvalue weighted by atomic mass is 10.0. The molecule has 1 atom stereocenters. The molecule has 0 spiro atoms. The molecule has 18 heavy (non-hydrogen) atoms. The second-order valence-electron chi connectivity index (χ2n) is 5.03. The zero-order chi connectivity index (χ0) is 13.2. The van der Waals surface area contributed by atoms with Gasteiger partial charge < -0.3 is 9.73 Å². The second-order valence-corrected chi connectivity index (χ2v) is 7.21. The minimum Gasteiger partial charge on any atom is -0.469 e. The Balaban J connectivity index is 1.84. The summed E-state index contributed by atoms with van der Waals surface area (Å²) < 4.78 is 27.9. The molecule has 1 aromatic heterocycles. The highest BCUT2D eigenvalue weighted by molar-refractivity contribution is 7.91. The second kappa shape index (κ2) is 4.76. The van der Waals surface area contributed by atoms with Crippen LogP contribution < -0.4 is 5.32 Å². The van der Waals surface area contributed by atoms with E-state index in [4.69, 9.17) is 4.42 Å². The Hall–Kier alpha value is -1.30. The summed E-state index contributed by atoms with van der Waals surface area (Å²) in [7, 11) is -2.99. The van der Waals surface area contributed by atoms with Crippen LogP contribution in [0, 0.1) is 0 Å². The molecule has 1 fully saturated rings. The Labute approximate surface area is 106 Å². The Kier molecular flexibility index (Phi) is 3.47. The fourth-order valence-corrected chi connectivity index (χ4v) is 4.29. The van der Waals surface area contributed by atoms with Crippen molar-refractivity contribution in [3.8, 4) is 0 Å². The van der Waals surface area contributed by atoms with Crippen LogP contribution in [0.4, 0.5) is 0 Å². The van der Waals surface area contributed by atoms with Gasteiger partial charge >= 0.3 is 0 Å². The van der Waals surface area contributed by atoms with Gasteiger partial charge in [-0.3, -0.25) is 4.79 Å². The summed E-state index contributed by atoms with van der Waals surface area (Å²) >= 11 is 0. The molecule has 0 saturated carbocycles. The largest absolute Gasteiger partial charge is 0.469 e. The molecule has 6 heteroatoms. The van der Waals surface area contributed by atoms with Gasteiger partial charge in [-0.05, 0) is 25.5 Å². The Morgan fingerprint density at radius 2 is 2.33 bits per heavy atom. The number of sulfone groups is 1. The molecule has 0 aromatic carbocycles. The lowest BCUT2D eigenvalue weighted by molar-refractivity contribution is -0.122. The van der Waals surface area contributed by atoms with Crippen LogP contribution in [-0.2, 0) is 21.1 Å².